The first-order chi connectivity index (χ1) is 9.63. The smallest absolute Gasteiger partial charge is 0.221 e. The van der Waals surface area contributed by atoms with E-state index in [4.69, 9.17) is 5.73 Å². The van der Waals surface area contributed by atoms with E-state index in [1.54, 1.807) is 11.3 Å². The van der Waals surface area contributed by atoms with E-state index >= 15 is 0 Å². The lowest BCUT2D eigenvalue weighted by atomic mass is 9.93. The molecule has 104 valence electrons. The normalized spacial score (nSPS) is 14.2. The highest BCUT2D eigenvalue weighted by Gasteiger charge is 2.20. The maximum atomic E-state index is 11.1. The molecule has 3 rings (SSSR count). The summed E-state index contributed by atoms with van der Waals surface area (Å²) in [4.78, 5) is 19.1. The van der Waals surface area contributed by atoms with Crippen molar-refractivity contribution in [3.05, 3.63) is 46.0 Å². The average Bonchev–Trinajstić information content (AvgIpc) is 2.84. The molecule has 5 heteroatoms. The molecule has 1 amide bonds. The third-order valence-corrected chi connectivity index (χ3v) is 4.58. The number of aromatic nitrogens is 1. The Morgan fingerprint density at radius 1 is 1.50 bits per heavy atom. The lowest BCUT2D eigenvalue weighted by molar-refractivity contribution is -0.117. The fourth-order valence-corrected chi connectivity index (χ4v) is 3.48. The van der Waals surface area contributed by atoms with Gasteiger partial charge in [-0.2, -0.15) is 0 Å². The maximum Gasteiger partial charge on any atom is 0.221 e. The lowest BCUT2D eigenvalue weighted by Gasteiger charge is -2.29. The van der Waals surface area contributed by atoms with Crippen molar-refractivity contribution in [2.75, 3.05) is 11.4 Å². The quantitative estimate of drug-likeness (QED) is 0.940. The summed E-state index contributed by atoms with van der Waals surface area (Å²) in [6, 6.07) is 6.15. The van der Waals surface area contributed by atoms with Crippen molar-refractivity contribution >= 4 is 22.4 Å². The summed E-state index contributed by atoms with van der Waals surface area (Å²) < 4.78 is 0. The van der Waals surface area contributed by atoms with Crippen LogP contribution in [0, 0.1) is 6.92 Å². The second kappa shape index (κ2) is 5.25. The zero-order valence-electron chi connectivity index (χ0n) is 11.4. The van der Waals surface area contributed by atoms with Crippen molar-refractivity contribution in [2.24, 2.45) is 5.73 Å². The van der Waals surface area contributed by atoms with Gasteiger partial charge in [0.25, 0.3) is 0 Å². The van der Waals surface area contributed by atoms with E-state index in [0.717, 1.165) is 30.2 Å². The van der Waals surface area contributed by atoms with Gasteiger partial charge in [-0.1, -0.05) is 18.2 Å². The number of nitrogens with two attached hydrogens (primary N) is 1. The fourth-order valence-electron chi connectivity index (χ4n) is 2.69. The number of carbonyl (C=O) groups is 1. The summed E-state index contributed by atoms with van der Waals surface area (Å²) in [5.41, 5.74) is 8.96. The topological polar surface area (TPSA) is 59.2 Å². The molecule has 4 nitrogen and oxygen atoms in total. The molecular weight excluding hydrogens is 270 g/mol. The zero-order valence-corrected chi connectivity index (χ0v) is 12.2. The molecule has 0 saturated carbocycles. The van der Waals surface area contributed by atoms with Gasteiger partial charge in [0, 0.05) is 24.2 Å². The Morgan fingerprint density at radius 3 is 3.05 bits per heavy atom. The van der Waals surface area contributed by atoms with Gasteiger partial charge in [-0.3, -0.25) is 4.79 Å². The number of amides is 1. The molecule has 0 saturated heterocycles. The largest absolute Gasteiger partial charge is 0.369 e. The predicted molar refractivity (Wildman–Crippen MR) is 80.9 cm³/mol. The minimum atomic E-state index is -0.267. The Labute approximate surface area is 122 Å². The van der Waals surface area contributed by atoms with Crippen LogP contribution in [0.2, 0.25) is 0 Å². The number of primary amides is 1. The number of nitrogens with zero attached hydrogens (tertiary/aromatic N) is 2. The highest BCUT2D eigenvalue weighted by molar-refractivity contribution is 7.15. The summed E-state index contributed by atoms with van der Waals surface area (Å²) in [5.74, 6) is -0.267. The van der Waals surface area contributed by atoms with Gasteiger partial charge in [0.05, 0.1) is 6.42 Å². The fraction of sp³-hybridized carbons (Fsp3) is 0.333. The van der Waals surface area contributed by atoms with E-state index < -0.39 is 0 Å². The van der Waals surface area contributed by atoms with Crippen LogP contribution in [0.1, 0.15) is 21.6 Å². The molecule has 0 spiro atoms. The summed E-state index contributed by atoms with van der Waals surface area (Å²) in [7, 11) is 0. The van der Waals surface area contributed by atoms with Crippen LogP contribution in [-0.2, 0) is 24.2 Å². The van der Waals surface area contributed by atoms with E-state index in [9.17, 15) is 4.79 Å². The molecule has 0 radical (unpaired) electrons. The number of benzene rings is 1. The number of aryl methyl sites for hydroxylation is 1. The molecule has 2 aromatic rings. The first-order valence-corrected chi connectivity index (χ1v) is 7.50. The minimum Gasteiger partial charge on any atom is -0.369 e. The molecule has 1 aliphatic heterocycles. The molecule has 1 aliphatic rings. The van der Waals surface area contributed by atoms with Crippen LogP contribution < -0.4 is 10.6 Å². The van der Waals surface area contributed by atoms with Crippen LogP contribution in [0.25, 0.3) is 0 Å². The van der Waals surface area contributed by atoms with Gasteiger partial charge in [0.1, 0.15) is 0 Å². The van der Waals surface area contributed by atoms with E-state index in [1.807, 2.05) is 18.3 Å². The van der Waals surface area contributed by atoms with Crippen LogP contribution in [-0.4, -0.2) is 17.4 Å². The zero-order chi connectivity index (χ0) is 14.1. The third-order valence-electron chi connectivity index (χ3n) is 3.61. The van der Waals surface area contributed by atoms with E-state index in [-0.39, 0.29) is 5.91 Å². The standard InChI is InChI=1S/C15H17N3OS/c1-10-8-17-15(20-10)18-6-5-13-11(7-14(16)19)3-2-4-12(13)9-18/h2-4,8H,5-7,9H2,1H3,(H2,16,19). The number of hydrogen-bond donors (Lipinski definition) is 1. The SMILES string of the molecule is Cc1cnc(N2CCc3c(CC(N)=O)cccc3C2)s1. The number of anilines is 1. The Morgan fingerprint density at radius 2 is 2.35 bits per heavy atom. The van der Waals surface area contributed by atoms with Gasteiger partial charge >= 0.3 is 0 Å². The van der Waals surface area contributed by atoms with E-state index in [2.05, 4.69) is 22.9 Å². The minimum absolute atomic E-state index is 0.267. The number of hydrogen-bond acceptors (Lipinski definition) is 4. The Bertz CT molecular complexity index is 650. The Kier molecular flexibility index (Phi) is 3.44. The summed E-state index contributed by atoms with van der Waals surface area (Å²) >= 11 is 1.72. The predicted octanol–water partition coefficient (Wildman–Crippen LogP) is 2.04. The van der Waals surface area contributed by atoms with Crippen molar-refractivity contribution in [3.8, 4) is 0 Å². The highest BCUT2D eigenvalue weighted by atomic mass is 32.1. The van der Waals surface area contributed by atoms with E-state index in [0.29, 0.717) is 6.42 Å². The van der Waals surface area contributed by atoms with Gasteiger partial charge < -0.3 is 10.6 Å². The molecule has 0 unspecified atom stereocenters. The molecule has 2 N–H and O–H groups in total. The van der Waals surface area contributed by atoms with Crippen LogP contribution in [0.5, 0.6) is 0 Å². The summed E-state index contributed by atoms with van der Waals surface area (Å²) in [5, 5.41) is 1.08. The van der Waals surface area contributed by atoms with Gasteiger partial charge in [-0.15, -0.1) is 11.3 Å². The lowest BCUT2D eigenvalue weighted by Crippen LogP contribution is -2.31. The molecule has 0 fully saturated rings. The first kappa shape index (κ1) is 13.1. The molecule has 0 atom stereocenters. The Hall–Kier alpha value is -1.88. The van der Waals surface area contributed by atoms with Crippen molar-refractivity contribution < 1.29 is 4.79 Å². The monoisotopic (exact) mass is 287 g/mol. The number of thiazole rings is 1. The number of fused-ring (bicyclic) bond motifs is 1. The van der Waals surface area contributed by atoms with Crippen LogP contribution >= 0.6 is 11.3 Å². The second-order valence-corrected chi connectivity index (χ2v) is 6.34. The maximum absolute atomic E-state index is 11.1. The molecule has 20 heavy (non-hydrogen) atoms. The van der Waals surface area contributed by atoms with Gasteiger partial charge in [0.15, 0.2) is 5.13 Å². The van der Waals surface area contributed by atoms with Crippen LogP contribution in [0.4, 0.5) is 5.13 Å². The molecule has 1 aromatic heterocycles. The molecule has 0 aliphatic carbocycles. The first-order valence-electron chi connectivity index (χ1n) is 6.69. The van der Waals surface area contributed by atoms with E-state index in [1.165, 1.54) is 16.0 Å². The van der Waals surface area contributed by atoms with Gasteiger partial charge in [-0.25, -0.2) is 4.98 Å². The molecular formula is C15H17N3OS. The number of carbonyl (C=O) groups excluding carboxylic acids is 1. The van der Waals surface area contributed by atoms with Crippen molar-refractivity contribution in [2.45, 2.75) is 26.3 Å². The van der Waals surface area contributed by atoms with Crippen LogP contribution in [0.15, 0.2) is 24.4 Å². The summed E-state index contributed by atoms with van der Waals surface area (Å²) in [6.45, 7) is 3.87. The highest BCUT2D eigenvalue weighted by Crippen LogP contribution is 2.29. The van der Waals surface area contributed by atoms with Crippen molar-refractivity contribution in [3.63, 3.8) is 0 Å². The van der Waals surface area contributed by atoms with Crippen molar-refractivity contribution in [1.29, 1.82) is 0 Å². The second-order valence-electron chi connectivity index (χ2n) is 5.12. The van der Waals surface area contributed by atoms with Gasteiger partial charge in [-0.05, 0) is 30.0 Å². The van der Waals surface area contributed by atoms with Crippen molar-refractivity contribution in [1.82, 2.24) is 4.98 Å². The number of rotatable bonds is 3. The molecule has 0 bridgehead atoms. The average molecular weight is 287 g/mol. The van der Waals surface area contributed by atoms with Crippen LogP contribution in [0.3, 0.4) is 0 Å². The molecule has 2 heterocycles. The Balaban J connectivity index is 1.87. The summed E-state index contributed by atoms with van der Waals surface area (Å²) in [6.07, 6.45) is 3.19. The van der Waals surface area contributed by atoms with Gasteiger partial charge in [0.2, 0.25) is 5.91 Å². The third kappa shape index (κ3) is 2.54. The molecule has 1 aromatic carbocycles.